The molecule has 1 aliphatic heterocycles. The number of unbranched alkanes of at least 4 members (excludes halogenated alkanes) is 7. The molecule has 0 N–H and O–H groups in total. The second-order valence-electron chi connectivity index (χ2n) is 9.48. The van der Waals surface area contributed by atoms with Crippen LogP contribution >= 0.6 is 0 Å². The number of amides is 1. The van der Waals surface area contributed by atoms with Gasteiger partial charge in [-0.1, -0.05) is 57.9 Å². The van der Waals surface area contributed by atoms with Gasteiger partial charge in [-0.15, -0.1) is 0 Å². The van der Waals surface area contributed by atoms with Gasteiger partial charge in [-0.3, -0.25) is 9.78 Å². The van der Waals surface area contributed by atoms with E-state index in [2.05, 4.69) is 49.0 Å². The Kier molecular flexibility index (Phi) is 9.28. The first-order valence-corrected chi connectivity index (χ1v) is 12.5. The van der Waals surface area contributed by atoms with E-state index in [9.17, 15) is 4.79 Å². The molecule has 0 aliphatic carbocycles. The zero-order chi connectivity index (χ0) is 22.9. The van der Waals surface area contributed by atoms with E-state index < -0.39 is 0 Å². The number of aryl methyl sites for hydroxylation is 1. The third-order valence-electron chi connectivity index (χ3n) is 6.89. The molecular formula is C28H41N3O. The van der Waals surface area contributed by atoms with Crippen LogP contribution in [-0.4, -0.2) is 36.4 Å². The van der Waals surface area contributed by atoms with Crippen LogP contribution in [0.15, 0.2) is 30.6 Å². The summed E-state index contributed by atoms with van der Waals surface area (Å²) < 4.78 is 0. The van der Waals surface area contributed by atoms with Crippen molar-refractivity contribution >= 4 is 11.6 Å². The van der Waals surface area contributed by atoms with Gasteiger partial charge in [0, 0.05) is 43.7 Å². The molecule has 0 atom stereocenters. The maximum atomic E-state index is 12.0. The summed E-state index contributed by atoms with van der Waals surface area (Å²) in [6, 6.07) is 6.46. The molecule has 1 aromatic heterocycles. The van der Waals surface area contributed by atoms with Gasteiger partial charge in [0.25, 0.3) is 0 Å². The number of hydrogen-bond acceptors (Lipinski definition) is 3. The molecule has 1 aliphatic rings. The highest BCUT2D eigenvalue weighted by molar-refractivity contribution is 5.96. The monoisotopic (exact) mass is 435 g/mol. The van der Waals surface area contributed by atoms with Gasteiger partial charge < -0.3 is 9.80 Å². The van der Waals surface area contributed by atoms with Crippen LogP contribution in [0.25, 0.3) is 11.1 Å². The highest BCUT2D eigenvalue weighted by Crippen LogP contribution is 2.33. The standard InChI is InChI=1S/C28H41N3O/c1-5-6-7-8-9-10-11-12-17-30(3)21-25-19-29-20-26(22(25)2)23-13-15-27-24(18-23)14-16-28(32)31(27)4/h13,15,18-20H,5-12,14,16-17,21H2,1-4H3. The van der Waals surface area contributed by atoms with E-state index in [1.54, 1.807) is 4.90 Å². The van der Waals surface area contributed by atoms with Gasteiger partial charge in [0.05, 0.1) is 0 Å². The Morgan fingerprint density at radius 2 is 1.72 bits per heavy atom. The maximum Gasteiger partial charge on any atom is 0.227 e. The molecule has 0 saturated carbocycles. The highest BCUT2D eigenvalue weighted by Gasteiger charge is 2.21. The van der Waals surface area contributed by atoms with Crippen LogP contribution in [-0.2, 0) is 17.8 Å². The summed E-state index contributed by atoms with van der Waals surface area (Å²) >= 11 is 0. The molecule has 0 spiro atoms. The van der Waals surface area contributed by atoms with E-state index in [1.165, 1.54) is 79.2 Å². The molecule has 1 aromatic carbocycles. The summed E-state index contributed by atoms with van der Waals surface area (Å²) in [4.78, 5) is 20.8. The van der Waals surface area contributed by atoms with Crippen molar-refractivity contribution in [2.45, 2.75) is 84.6 Å². The van der Waals surface area contributed by atoms with Gasteiger partial charge in [-0.2, -0.15) is 0 Å². The van der Waals surface area contributed by atoms with Crippen LogP contribution in [0.4, 0.5) is 5.69 Å². The van der Waals surface area contributed by atoms with Crippen molar-refractivity contribution < 1.29 is 4.79 Å². The van der Waals surface area contributed by atoms with Crippen molar-refractivity contribution in [2.24, 2.45) is 0 Å². The molecule has 2 aromatic rings. The number of pyridine rings is 1. The van der Waals surface area contributed by atoms with Crippen LogP contribution in [0.5, 0.6) is 0 Å². The molecule has 32 heavy (non-hydrogen) atoms. The molecule has 3 rings (SSSR count). The molecule has 1 amide bonds. The van der Waals surface area contributed by atoms with Gasteiger partial charge in [-0.25, -0.2) is 0 Å². The zero-order valence-electron chi connectivity index (χ0n) is 20.6. The smallest absolute Gasteiger partial charge is 0.227 e. The van der Waals surface area contributed by atoms with Crippen LogP contribution < -0.4 is 4.90 Å². The molecule has 2 heterocycles. The molecule has 0 fully saturated rings. The molecule has 4 nitrogen and oxygen atoms in total. The van der Waals surface area contributed by atoms with E-state index >= 15 is 0 Å². The summed E-state index contributed by atoms with van der Waals surface area (Å²) in [7, 11) is 4.09. The van der Waals surface area contributed by atoms with Crippen molar-refractivity contribution in [2.75, 3.05) is 25.5 Å². The topological polar surface area (TPSA) is 36.4 Å². The fourth-order valence-electron chi connectivity index (χ4n) is 4.73. The SMILES string of the molecule is CCCCCCCCCCN(C)Cc1cncc(-c2ccc3c(c2)CCC(=O)N3C)c1C. The lowest BCUT2D eigenvalue weighted by Crippen LogP contribution is -2.30. The van der Waals surface area contributed by atoms with Crippen molar-refractivity contribution in [3.63, 3.8) is 0 Å². The Hall–Kier alpha value is -2.20. The molecule has 0 radical (unpaired) electrons. The number of hydrogen-bond donors (Lipinski definition) is 0. The minimum absolute atomic E-state index is 0.199. The number of nitrogens with zero attached hydrogens (tertiary/aromatic N) is 3. The van der Waals surface area contributed by atoms with Crippen molar-refractivity contribution in [3.8, 4) is 11.1 Å². The second kappa shape index (κ2) is 12.2. The lowest BCUT2D eigenvalue weighted by Gasteiger charge is -2.26. The average Bonchev–Trinajstić information content (AvgIpc) is 2.79. The third kappa shape index (κ3) is 6.41. The lowest BCUT2D eigenvalue weighted by molar-refractivity contribution is -0.118. The predicted molar refractivity (Wildman–Crippen MR) is 135 cm³/mol. The Balaban J connectivity index is 1.56. The van der Waals surface area contributed by atoms with Crippen LogP contribution in [0.3, 0.4) is 0 Å². The number of benzene rings is 1. The second-order valence-corrected chi connectivity index (χ2v) is 9.48. The average molecular weight is 436 g/mol. The minimum atomic E-state index is 0.199. The lowest BCUT2D eigenvalue weighted by atomic mass is 9.94. The highest BCUT2D eigenvalue weighted by atomic mass is 16.2. The van der Waals surface area contributed by atoms with Crippen molar-refractivity contribution in [3.05, 3.63) is 47.3 Å². The predicted octanol–water partition coefficient (Wildman–Crippen LogP) is 6.54. The molecule has 4 heteroatoms. The maximum absolute atomic E-state index is 12.0. The first kappa shape index (κ1) is 24.4. The number of fused-ring (bicyclic) bond motifs is 1. The molecular weight excluding hydrogens is 394 g/mol. The van der Waals surface area contributed by atoms with E-state index in [-0.39, 0.29) is 5.91 Å². The van der Waals surface area contributed by atoms with E-state index in [0.717, 1.165) is 25.2 Å². The Labute approximate surface area is 195 Å². The van der Waals surface area contributed by atoms with Crippen LogP contribution in [0.1, 0.15) is 81.4 Å². The van der Waals surface area contributed by atoms with Gasteiger partial charge in [0.1, 0.15) is 0 Å². The van der Waals surface area contributed by atoms with Crippen molar-refractivity contribution in [1.29, 1.82) is 0 Å². The van der Waals surface area contributed by atoms with Gasteiger partial charge >= 0.3 is 0 Å². The number of rotatable bonds is 12. The number of carbonyl (C=O) groups is 1. The normalized spacial score (nSPS) is 13.7. The largest absolute Gasteiger partial charge is 0.315 e. The Morgan fingerprint density at radius 3 is 2.47 bits per heavy atom. The summed E-state index contributed by atoms with van der Waals surface area (Å²) in [6.07, 6.45) is 16.3. The van der Waals surface area contributed by atoms with Crippen molar-refractivity contribution in [1.82, 2.24) is 9.88 Å². The first-order valence-electron chi connectivity index (χ1n) is 12.5. The van der Waals surface area contributed by atoms with E-state index in [0.29, 0.717) is 6.42 Å². The summed E-state index contributed by atoms with van der Waals surface area (Å²) in [5.74, 6) is 0.199. The number of anilines is 1. The summed E-state index contributed by atoms with van der Waals surface area (Å²) in [5, 5.41) is 0. The summed E-state index contributed by atoms with van der Waals surface area (Å²) in [5.41, 5.74) is 7.30. The number of aromatic nitrogens is 1. The molecule has 0 saturated heterocycles. The van der Waals surface area contributed by atoms with E-state index in [1.807, 2.05) is 19.4 Å². The molecule has 174 valence electrons. The third-order valence-corrected chi connectivity index (χ3v) is 6.89. The zero-order valence-corrected chi connectivity index (χ0v) is 20.6. The van der Waals surface area contributed by atoms with Gasteiger partial charge in [0.2, 0.25) is 5.91 Å². The Morgan fingerprint density at radius 1 is 1.00 bits per heavy atom. The number of carbonyl (C=O) groups excluding carboxylic acids is 1. The van der Waals surface area contributed by atoms with E-state index in [4.69, 9.17) is 0 Å². The Bertz CT molecular complexity index is 892. The van der Waals surface area contributed by atoms with Crippen LogP contribution in [0, 0.1) is 6.92 Å². The molecule has 0 bridgehead atoms. The fraction of sp³-hybridized carbons (Fsp3) is 0.571. The van der Waals surface area contributed by atoms with Gasteiger partial charge in [-0.05, 0) is 67.7 Å². The minimum Gasteiger partial charge on any atom is -0.315 e. The van der Waals surface area contributed by atoms with Crippen LogP contribution in [0.2, 0.25) is 0 Å². The molecule has 0 unspecified atom stereocenters. The summed E-state index contributed by atoms with van der Waals surface area (Å²) in [6.45, 7) is 6.56. The quantitative estimate of drug-likeness (QED) is 0.355. The van der Waals surface area contributed by atoms with Gasteiger partial charge in [0.15, 0.2) is 0 Å². The first-order chi connectivity index (χ1) is 15.5. The fourth-order valence-corrected chi connectivity index (χ4v) is 4.73.